The molecular formula is C15H19N3O3S. The van der Waals surface area contributed by atoms with Gasteiger partial charge in [0, 0.05) is 31.5 Å². The molecule has 3 rings (SSSR count). The summed E-state index contributed by atoms with van der Waals surface area (Å²) < 4.78 is 5.66. The molecule has 22 heavy (non-hydrogen) atoms. The van der Waals surface area contributed by atoms with Crippen molar-refractivity contribution in [3.05, 3.63) is 33.9 Å². The van der Waals surface area contributed by atoms with Gasteiger partial charge in [-0.05, 0) is 31.4 Å². The van der Waals surface area contributed by atoms with Gasteiger partial charge in [-0.3, -0.25) is 10.1 Å². The second kappa shape index (κ2) is 5.89. The Morgan fingerprint density at radius 2 is 2.32 bits per heavy atom. The first-order valence-corrected chi connectivity index (χ1v) is 8.28. The Balaban J connectivity index is 1.85. The number of nitro groups is 1. The van der Waals surface area contributed by atoms with Gasteiger partial charge in [-0.2, -0.15) is 0 Å². The Bertz CT molecular complexity index is 626. The lowest BCUT2D eigenvalue weighted by atomic mass is 9.93. The molecule has 1 unspecified atom stereocenters. The van der Waals surface area contributed by atoms with Crippen LogP contribution in [-0.2, 0) is 4.74 Å². The van der Waals surface area contributed by atoms with Crippen LogP contribution in [0, 0.1) is 17.0 Å². The molecule has 1 aromatic carbocycles. The minimum atomic E-state index is -0.380. The van der Waals surface area contributed by atoms with Gasteiger partial charge in [-0.1, -0.05) is 11.8 Å². The molecule has 0 saturated carbocycles. The largest absolute Gasteiger partial charge is 0.379 e. The molecule has 0 amide bonds. The second-order valence-corrected chi connectivity index (χ2v) is 6.79. The predicted molar refractivity (Wildman–Crippen MR) is 87.9 cm³/mol. The number of ether oxygens (including phenoxy) is 1. The van der Waals surface area contributed by atoms with Crippen LogP contribution in [0.15, 0.2) is 23.2 Å². The molecule has 0 bridgehead atoms. The van der Waals surface area contributed by atoms with E-state index in [-0.39, 0.29) is 16.1 Å². The molecule has 0 N–H and O–H groups in total. The molecule has 0 aliphatic carbocycles. The third kappa shape index (κ3) is 2.70. The zero-order valence-electron chi connectivity index (χ0n) is 12.7. The molecule has 1 atom stereocenters. The van der Waals surface area contributed by atoms with Crippen LogP contribution in [0.2, 0.25) is 0 Å². The van der Waals surface area contributed by atoms with Crippen molar-refractivity contribution in [3.8, 4) is 0 Å². The van der Waals surface area contributed by atoms with E-state index in [1.807, 2.05) is 6.92 Å². The normalized spacial score (nSPS) is 26.8. The molecule has 7 heteroatoms. The molecule has 0 aromatic heterocycles. The van der Waals surface area contributed by atoms with Gasteiger partial charge in [0.05, 0.1) is 22.8 Å². The minimum Gasteiger partial charge on any atom is -0.379 e. The molecule has 1 aromatic rings. The number of likely N-dealkylation sites (N-methyl/N-ethyl adjacent to an activating group) is 1. The number of aryl methyl sites for hydroxylation is 1. The Morgan fingerprint density at radius 3 is 2.95 bits per heavy atom. The smallest absolute Gasteiger partial charge is 0.269 e. The van der Waals surface area contributed by atoms with E-state index in [1.54, 1.807) is 23.9 Å². The monoisotopic (exact) mass is 321 g/mol. The molecule has 2 aliphatic rings. The Morgan fingerprint density at radius 1 is 1.50 bits per heavy atom. The average molecular weight is 321 g/mol. The number of rotatable bonds is 2. The molecule has 1 spiro atoms. The van der Waals surface area contributed by atoms with E-state index < -0.39 is 0 Å². The van der Waals surface area contributed by atoms with Crippen LogP contribution in [0.3, 0.4) is 0 Å². The van der Waals surface area contributed by atoms with E-state index in [0.717, 1.165) is 48.2 Å². The number of nitrogens with zero attached hydrogens (tertiary/aromatic N) is 3. The standard InChI is InChI=1S/C15H19N3O3S/c1-11-8-12(18(19)20)4-5-13(11)16-14-17(2)15(10-22-14)6-3-7-21-9-15/h4-5,8H,3,6-7,9-10H2,1-2H3. The molecule has 6 nitrogen and oxygen atoms in total. The molecule has 2 fully saturated rings. The van der Waals surface area contributed by atoms with E-state index in [0.29, 0.717) is 0 Å². The molecule has 2 saturated heterocycles. The Labute approximate surface area is 133 Å². The number of amidine groups is 1. The summed E-state index contributed by atoms with van der Waals surface area (Å²) in [6.45, 7) is 3.44. The highest BCUT2D eigenvalue weighted by molar-refractivity contribution is 8.14. The van der Waals surface area contributed by atoms with E-state index in [1.165, 1.54) is 6.07 Å². The van der Waals surface area contributed by atoms with Crippen molar-refractivity contribution in [2.45, 2.75) is 25.3 Å². The quantitative estimate of drug-likeness (QED) is 0.618. The first kappa shape index (κ1) is 15.3. The summed E-state index contributed by atoms with van der Waals surface area (Å²) >= 11 is 1.73. The van der Waals surface area contributed by atoms with Crippen molar-refractivity contribution in [1.82, 2.24) is 4.90 Å². The highest BCUT2D eigenvalue weighted by Gasteiger charge is 2.44. The maximum Gasteiger partial charge on any atom is 0.269 e. The fraction of sp³-hybridized carbons (Fsp3) is 0.533. The number of benzene rings is 1. The van der Waals surface area contributed by atoms with Crippen LogP contribution in [0.1, 0.15) is 18.4 Å². The van der Waals surface area contributed by atoms with Gasteiger partial charge in [0.2, 0.25) is 0 Å². The summed E-state index contributed by atoms with van der Waals surface area (Å²) in [6.07, 6.45) is 2.20. The summed E-state index contributed by atoms with van der Waals surface area (Å²) in [4.78, 5) is 17.4. The average Bonchev–Trinajstić information content (AvgIpc) is 2.79. The summed E-state index contributed by atoms with van der Waals surface area (Å²) in [7, 11) is 2.06. The van der Waals surface area contributed by atoms with Crippen molar-refractivity contribution in [2.24, 2.45) is 4.99 Å². The summed E-state index contributed by atoms with van der Waals surface area (Å²) in [6, 6.07) is 4.79. The summed E-state index contributed by atoms with van der Waals surface area (Å²) in [5.41, 5.74) is 1.76. The number of hydrogen-bond acceptors (Lipinski definition) is 5. The number of thioether (sulfide) groups is 1. The van der Waals surface area contributed by atoms with Crippen LogP contribution >= 0.6 is 11.8 Å². The molecular weight excluding hydrogens is 302 g/mol. The van der Waals surface area contributed by atoms with Gasteiger partial charge < -0.3 is 9.64 Å². The van der Waals surface area contributed by atoms with Crippen LogP contribution in [0.25, 0.3) is 0 Å². The van der Waals surface area contributed by atoms with E-state index in [9.17, 15) is 10.1 Å². The van der Waals surface area contributed by atoms with Crippen LogP contribution in [0.4, 0.5) is 11.4 Å². The lowest BCUT2D eigenvalue weighted by Crippen LogP contribution is -2.51. The maximum absolute atomic E-state index is 10.8. The van der Waals surface area contributed by atoms with Crippen LogP contribution < -0.4 is 0 Å². The molecule has 118 valence electrons. The van der Waals surface area contributed by atoms with Crippen molar-refractivity contribution >= 4 is 28.3 Å². The second-order valence-electron chi connectivity index (χ2n) is 5.85. The van der Waals surface area contributed by atoms with Gasteiger partial charge in [0.25, 0.3) is 5.69 Å². The SMILES string of the molecule is Cc1cc([N+](=O)[O-])ccc1N=C1SCC2(CCCOC2)N1C. The summed E-state index contributed by atoms with van der Waals surface area (Å²) in [5.74, 6) is 0.981. The van der Waals surface area contributed by atoms with E-state index in [2.05, 4.69) is 11.9 Å². The highest BCUT2D eigenvalue weighted by atomic mass is 32.2. The van der Waals surface area contributed by atoms with E-state index in [4.69, 9.17) is 9.73 Å². The van der Waals surface area contributed by atoms with Crippen LogP contribution in [0.5, 0.6) is 0 Å². The van der Waals surface area contributed by atoms with Gasteiger partial charge >= 0.3 is 0 Å². The fourth-order valence-corrected chi connectivity index (χ4v) is 4.27. The predicted octanol–water partition coefficient (Wildman–Crippen LogP) is 3.12. The zero-order valence-corrected chi connectivity index (χ0v) is 13.6. The maximum atomic E-state index is 10.8. The minimum absolute atomic E-state index is 0.0520. The summed E-state index contributed by atoms with van der Waals surface area (Å²) in [5, 5.41) is 11.8. The third-order valence-electron chi connectivity index (χ3n) is 4.38. The fourth-order valence-electron chi connectivity index (χ4n) is 2.90. The lowest BCUT2D eigenvalue weighted by Gasteiger charge is -2.39. The molecule has 2 aliphatic heterocycles. The number of nitro benzene ring substituents is 1. The van der Waals surface area contributed by atoms with Gasteiger partial charge in [-0.15, -0.1) is 0 Å². The lowest BCUT2D eigenvalue weighted by molar-refractivity contribution is -0.384. The van der Waals surface area contributed by atoms with E-state index >= 15 is 0 Å². The highest BCUT2D eigenvalue weighted by Crippen LogP contribution is 2.39. The van der Waals surface area contributed by atoms with Crippen molar-refractivity contribution in [3.63, 3.8) is 0 Å². The van der Waals surface area contributed by atoms with Gasteiger partial charge in [0.1, 0.15) is 0 Å². The van der Waals surface area contributed by atoms with Gasteiger partial charge in [-0.25, -0.2) is 4.99 Å². The van der Waals surface area contributed by atoms with Crippen molar-refractivity contribution in [2.75, 3.05) is 26.0 Å². The number of aliphatic imine (C=N–C) groups is 1. The number of non-ortho nitro benzene ring substituents is 1. The van der Waals surface area contributed by atoms with Crippen molar-refractivity contribution in [1.29, 1.82) is 0 Å². The topological polar surface area (TPSA) is 68.0 Å². The number of hydrogen-bond donors (Lipinski definition) is 0. The Kier molecular flexibility index (Phi) is 4.10. The van der Waals surface area contributed by atoms with Gasteiger partial charge in [0.15, 0.2) is 5.17 Å². The zero-order chi connectivity index (χ0) is 15.7. The van der Waals surface area contributed by atoms with Crippen molar-refractivity contribution < 1.29 is 9.66 Å². The first-order valence-electron chi connectivity index (χ1n) is 7.30. The Hall–Kier alpha value is -1.60. The molecule has 0 radical (unpaired) electrons. The third-order valence-corrected chi connectivity index (χ3v) is 5.68. The van der Waals surface area contributed by atoms with Crippen LogP contribution in [-0.4, -0.2) is 46.5 Å². The first-order chi connectivity index (χ1) is 10.5. The molecule has 2 heterocycles.